The fourth-order valence-electron chi connectivity index (χ4n) is 4.54. The molecule has 0 aromatic rings. The van der Waals surface area contributed by atoms with Crippen molar-refractivity contribution in [2.24, 2.45) is 11.7 Å². The molecule has 0 aromatic carbocycles. The van der Waals surface area contributed by atoms with Gasteiger partial charge in [0.25, 0.3) is 0 Å². The Morgan fingerprint density at radius 2 is 1.41 bits per heavy atom. The summed E-state index contributed by atoms with van der Waals surface area (Å²) in [6.45, 7) is 1.38. The van der Waals surface area contributed by atoms with E-state index in [0.29, 0.717) is 12.8 Å². The van der Waals surface area contributed by atoms with Gasteiger partial charge in [-0.3, -0.25) is 4.79 Å². The van der Waals surface area contributed by atoms with Crippen molar-refractivity contribution < 1.29 is 35.1 Å². The molecule has 0 saturated carbocycles. The third kappa shape index (κ3) is 10.1. The van der Waals surface area contributed by atoms with Crippen molar-refractivity contribution in [3.63, 3.8) is 0 Å². The number of unbranched alkanes of at least 4 members (excludes halogenated alkanes) is 8. The number of carbonyl (C=O) groups excluding carboxylic acids is 1. The molecule has 3 unspecified atom stereocenters. The Morgan fingerprint density at radius 3 is 1.97 bits per heavy atom. The molecule has 1 heterocycles. The highest BCUT2D eigenvalue weighted by atomic mass is 16.5. The first-order valence-corrected chi connectivity index (χ1v) is 12.6. The number of ether oxygens (including phenoxy) is 1. The lowest BCUT2D eigenvalue weighted by Crippen LogP contribution is -2.60. The van der Waals surface area contributed by atoms with E-state index >= 15 is 0 Å². The second-order valence-electron chi connectivity index (χ2n) is 9.32. The predicted molar refractivity (Wildman–Crippen MR) is 123 cm³/mol. The molecule has 7 N–H and O–H groups in total. The average Bonchev–Trinajstić information content (AvgIpc) is 2.80. The van der Waals surface area contributed by atoms with E-state index in [9.17, 15) is 25.2 Å². The summed E-state index contributed by atoms with van der Waals surface area (Å²) in [7, 11) is 0. The number of nitrogens with two attached hydrogens (primary N) is 1. The topological polar surface area (TPSA) is 153 Å². The van der Waals surface area contributed by atoms with Crippen LogP contribution in [-0.2, 0) is 9.53 Å². The van der Waals surface area contributed by atoms with Crippen LogP contribution in [0.5, 0.6) is 0 Å². The van der Waals surface area contributed by atoms with Crippen molar-refractivity contribution in [2.45, 2.75) is 127 Å². The normalized spacial score (nSPS) is 27.9. The number of rotatable bonds is 18. The van der Waals surface area contributed by atoms with Crippen LogP contribution in [0.25, 0.3) is 0 Å². The smallest absolute Gasteiger partial charge is 0.151 e. The number of Topliss-reactive ketones (excluding diaryl/α,β-unsaturated/α-hetero) is 1. The van der Waals surface area contributed by atoms with E-state index in [1.54, 1.807) is 0 Å². The average molecular weight is 462 g/mol. The molecule has 0 amide bonds. The summed E-state index contributed by atoms with van der Waals surface area (Å²) in [6, 6.07) is -0.877. The van der Waals surface area contributed by atoms with Crippen LogP contribution >= 0.6 is 0 Å². The van der Waals surface area contributed by atoms with Crippen molar-refractivity contribution in [3.05, 3.63) is 0 Å². The molecule has 0 bridgehead atoms. The van der Waals surface area contributed by atoms with E-state index in [-0.39, 0.29) is 24.7 Å². The minimum absolute atomic E-state index is 0.121. The lowest BCUT2D eigenvalue weighted by Gasteiger charge is -2.43. The molecule has 1 aliphatic heterocycles. The number of hydrogen-bond donors (Lipinski definition) is 6. The highest BCUT2D eigenvalue weighted by Gasteiger charge is 2.45. The summed E-state index contributed by atoms with van der Waals surface area (Å²) in [5.41, 5.74) is 5.58. The first-order valence-electron chi connectivity index (χ1n) is 12.6. The zero-order valence-corrected chi connectivity index (χ0v) is 19.8. The zero-order chi connectivity index (χ0) is 23.9. The Balaban J connectivity index is 2.57. The number of ketones is 1. The van der Waals surface area contributed by atoms with Crippen molar-refractivity contribution in [2.75, 3.05) is 13.2 Å². The van der Waals surface area contributed by atoms with Crippen LogP contribution in [0.4, 0.5) is 0 Å². The molecule has 0 aliphatic carbocycles. The van der Waals surface area contributed by atoms with E-state index in [2.05, 4.69) is 6.92 Å². The van der Waals surface area contributed by atoms with Crippen molar-refractivity contribution in [3.8, 4) is 0 Å². The third-order valence-corrected chi connectivity index (χ3v) is 6.68. The van der Waals surface area contributed by atoms with E-state index < -0.39 is 43.2 Å². The summed E-state index contributed by atoms with van der Waals surface area (Å²) in [4.78, 5) is 11.9. The molecule has 0 aromatic heterocycles. The minimum Gasteiger partial charge on any atom is -0.394 e. The number of carbonyl (C=O) groups is 1. The van der Waals surface area contributed by atoms with Crippen LogP contribution in [0.3, 0.4) is 0 Å². The molecule has 1 saturated heterocycles. The molecule has 0 spiro atoms. The van der Waals surface area contributed by atoms with Gasteiger partial charge in [0.1, 0.15) is 24.4 Å². The molecule has 1 fully saturated rings. The van der Waals surface area contributed by atoms with Gasteiger partial charge in [-0.25, -0.2) is 0 Å². The van der Waals surface area contributed by atoms with E-state index in [1.165, 1.54) is 38.5 Å². The van der Waals surface area contributed by atoms with E-state index in [1.807, 2.05) is 0 Å². The maximum atomic E-state index is 11.9. The fraction of sp³-hybridized carbons (Fsp3) is 0.958. The molecule has 0 radical (unpaired) electrons. The molecule has 190 valence electrons. The minimum atomic E-state index is -1.39. The zero-order valence-electron chi connectivity index (χ0n) is 19.8. The Hall–Kier alpha value is -0.610. The van der Waals surface area contributed by atoms with Crippen LogP contribution in [0.2, 0.25) is 0 Å². The van der Waals surface area contributed by atoms with Gasteiger partial charge in [0, 0.05) is 6.42 Å². The molecule has 1 rings (SSSR count). The standard InChI is InChI=1S/C24H47NO7/c1-2-3-4-5-6-7-8-9-10-12-17(13-11-14-19(28)18(25)15-26)24-23(31)22(30)21(29)20(16-27)32-24/h17-18,20-24,26-27,29-31H,2-16,25H2,1H3/t17?,18?,20-,21-,22+,23-,24?/m1/s1. The summed E-state index contributed by atoms with van der Waals surface area (Å²) in [5.74, 6) is -0.327. The van der Waals surface area contributed by atoms with Gasteiger partial charge in [0.05, 0.1) is 25.4 Å². The van der Waals surface area contributed by atoms with Crippen LogP contribution in [-0.4, -0.2) is 81.1 Å². The first kappa shape index (κ1) is 29.4. The van der Waals surface area contributed by atoms with Crippen LogP contribution in [0.15, 0.2) is 0 Å². The second kappa shape index (κ2) is 16.9. The van der Waals surface area contributed by atoms with E-state index in [4.69, 9.17) is 15.6 Å². The predicted octanol–water partition coefficient (Wildman–Crippen LogP) is 1.42. The molecular formula is C24H47NO7. The van der Waals surface area contributed by atoms with Crippen molar-refractivity contribution >= 4 is 5.78 Å². The van der Waals surface area contributed by atoms with Gasteiger partial charge in [0.15, 0.2) is 5.78 Å². The van der Waals surface area contributed by atoms with Crippen LogP contribution in [0.1, 0.15) is 90.4 Å². The summed E-state index contributed by atoms with van der Waals surface area (Å²) in [5, 5.41) is 49.3. The van der Waals surface area contributed by atoms with Gasteiger partial charge >= 0.3 is 0 Å². The second-order valence-corrected chi connectivity index (χ2v) is 9.32. The van der Waals surface area contributed by atoms with Crippen LogP contribution in [0, 0.1) is 5.92 Å². The van der Waals surface area contributed by atoms with Gasteiger partial charge in [-0.1, -0.05) is 64.7 Å². The number of hydrogen-bond acceptors (Lipinski definition) is 8. The Labute approximate surface area is 193 Å². The highest BCUT2D eigenvalue weighted by molar-refractivity contribution is 5.83. The quantitative estimate of drug-likeness (QED) is 0.168. The van der Waals surface area contributed by atoms with Gasteiger partial charge in [-0.05, 0) is 25.2 Å². The maximum absolute atomic E-state index is 11.9. The molecular weight excluding hydrogens is 414 g/mol. The molecule has 32 heavy (non-hydrogen) atoms. The van der Waals surface area contributed by atoms with Crippen molar-refractivity contribution in [1.82, 2.24) is 0 Å². The SMILES string of the molecule is CCCCCCCCCCCC(CCCC(=O)C(N)CO)C1O[C@H](CO)[C@@H](O)[C@H](O)[C@H]1O. The maximum Gasteiger partial charge on any atom is 0.151 e. The van der Waals surface area contributed by atoms with Gasteiger partial charge < -0.3 is 36.0 Å². The van der Waals surface area contributed by atoms with E-state index in [0.717, 1.165) is 25.7 Å². The van der Waals surface area contributed by atoms with Crippen molar-refractivity contribution in [1.29, 1.82) is 0 Å². The number of aliphatic hydroxyl groups excluding tert-OH is 5. The van der Waals surface area contributed by atoms with Gasteiger partial charge in [-0.2, -0.15) is 0 Å². The van der Waals surface area contributed by atoms with Crippen LogP contribution < -0.4 is 5.73 Å². The molecule has 7 atom stereocenters. The lowest BCUT2D eigenvalue weighted by molar-refractivity contribution is -0.242. The monoisotopic (exact) mass is 461 g/mol. The Morgan fingerprint density at radius 1 is 0.844 bits per heavy atom. The Bertz CT molecular complexity index is 491. The summed E-state index contributed by atoms with van der Waals surface area (Å²) in [6.07, 6.45) is 7.20. The van der Waals surface area contributed by atoms with Gasteiger partial charge in [0.2, 0.25) is 0 Å². The fourth-order valence-corrected chi connectivity index (χ4v) is 4.54. The molecule has 8 heteroatoms. The number of aliphatic hydroxyl groups is 5. The summed E-state index contributed by atoms with van der Waals surface area (Å²) < 4.78 is 5.79. The summed E-state index contributed by atoms with van der Waals surface area (Å²) >= 11 is 0. The lowest BCUT2D eigenvalue weighted by atomic mass is 9.82. The first-order chi connectivity index (χ1) is 15.4. The Kier molecular flexibility index (Phi) is 15.6. The molecule has 8 nitrogen and oxygen atoms in total. The highest BCUT2D eigenvalue weighted by Crippen LogP contribution is 2.32. The van der Waals surface area contributed by atoms with Gasteiger partial charge in [-0.15, -0.1) is 0 Å². The largest absolute Gasteiger partial charge is 0.394 e. The third-order valence-electron chi connectivity index (χ3n) is 6.68. The molecule has 1 aliphatic rings.